The molecule has 0 saturated heterocycles. The lowest BCUT2D eigenvalue weighted by Crippen LogP contribution is -2.28. The van der Waals surface area contributed by atoms with Crippen LogP contribution in [-0.4, -0.2) is 17.9 Å². The number of hydrogen-bond donors (Lipinski definition) is 1. The van der Waals surface area contributed by atoms with Crippen molar-refractivity contribution in [2.45, 2.75) is 38.8 Å². The zero-order valence-electron chi connectivity index (χ0n) is 12.2. The fourth-order valence-electron chi connectivity index (χ4n) is 3.82. The van der Waals surface area contributed by atoms with Gasteiger partial charge in [-0.2, -0.15) is 0 Å². The molecular weight excluding hydrogens is 248 g/mol. The van der Waals surface area contributed by atoms with Crippen LogP contribution in [0, 0.1) is 17.8 Å². The molecule has 0 aliphatic heterocycles. The second-order valence-corrected chi connectivity index (χ2v) is 6.36. The van der Waals surface area contributed by atoms with E-state index in [2.05, 4.69) is 12.1 Å². The Morgan fingerprint density at radius 3 is 2.55 bits per heavy atom. The second kappa shape index (κ2) is 5.57. The summed E-state index contributed by atoms with van der Waals surface area (Å²) in [4.78, 5) is 14.4. The summed E-state index contributed by atoms with van der Waals surface area (Å²) in [6, 6.07) is 8.22. The quantitative estimate of drug-likeness (QED) is 0.915. The molecule has 108 valence electrons. The highest BCUT2D eigenvalue weighted by Gasteiger charge is 2.55. The fraction of sp³-hybridized carbons (Fsp3) is 0.588. The topological polar surface area (TPSA) is 46.3 Å². The maximum absolute atomic E-state index is 12.5. The molecule has 2 atom stereocenters. The third-order valence-electron chi connectivity index (χ3n) is 4.96. The SMILES string of the molecule is CN(Cc1cccc(CN)c1)C(=O)C1C2CCCCC21. The molecule has 2 saturated carbocycles. The summed E-state index contributed by atoms with van der Waals surface area (Å²) in [6.07, 6.45) is 5.15. The number of fused-ring (bicyclic) bond motifs is 1. The third-order valence-corrected chi connectivity index (χ3v) is 4.96. The Balaban J connectivity index is 1.61. The van der Waals surface area contributed by atoms with Crippen LogP contribution in [0.15, 0.2) is 24.3 Å². The van der Waals surface area contributed by atoms with Gasteiger partial charge in [-0.05, 0) is 35.8 Å². The largest absolute Gasteiger partial charge is 0.341 e. The molecule has 1 amide bonds. The monoisotopic (exact) mass is 272 g/mol. The average Bonchev–Trinajstić information content (AvgIpc) is 3.21. The standard InChI is InChI=1S/C17H24N2O/c1-19(11-13-6-4-5-12(9-13)10-18)17(20)16-14-7-2-3-8-15(14)16/h4-6,9,14-16H,2-3,7-8,10-11,18H2,1H3. The number of carbonyl (C=O) groups excluding carboxylic acids is 1. The highest BCUT2D eigenvalue weighted by atomic mass is 16.2. The van der Waals surface area contributed by atoms with Crippen LogP contribution in [0.3, 0.4) is 0 Å². The van der Waals surface area contributed by atoms with Crippen LogP contribution in [0.1, 0.15) is 36.8 Å². The summed E-state index contributed by atoms with van der Waals surface area (Å²) in [6.45, 7) is 1.25. The Labute approximate surface area is 121 Å². The minimum absolute atomic E-state index is 0.320. The van der Waals surface area contributed by atoms with Crippen LogP contribution in [-0.2, 0) is 17.9 Å². The molecule has 2 N–H and O–H groups in total. The number of benzene rings is 1. The van der Waals surface area contributed by atoms with Crippen molar-refractivity contribution in [2.24, 2.45) is 23.5 Å². The smallest absolute Gasteiger partial charge is 0.226 e. The minimum Gasteiger partial charge on any atom is -0.341 e. The van der Waals surface area contributed by atoms with E-state index in [4.69, 9.17) is 5.73 Å². The fourth-order valence-corrected chi connectivity index (χ4v) is 3.82. The Kier molecular flexibility index (Phi) is 3.79. The van der Waals surface area contributed by atoms with Gasteiger partial charge in [-0.15, -0.1) is 0 Å². The van der Waals surface area contributed by atoms with E-state index in [1.807, 2.05) is 24.1 Å². The zero-order chi connectivity index (χ0) is 14.1. The van der Waals surface area contributed by atoms with Gasteiger partial charge in [-0.3, -0.25) is 4.79 Å². The molecule has 3 rings (SSSR count). The second-order valence-electron chi connectivity index (χ2n) is 6.36. The molecule has 3 nitrogen and oxygen atoms in total. The van der Waals surface area contributed by atoms with Crippen molar-refractivity contribution in [1.29, 1.82) is 0 Å². The Bertz CT molecular complexity index is 488. The molecule has 3 heteroatoms. The molecule has 2 fully saturated rings. The first-order chi connectivity index (χ1) is 9.70. The summed E-state index contributed by atoms with van der Waals surface area (Å²) in [5, 5.41) is 0. The van der Waals surface area contributed by atoms with Crippen molar-refractivity contribution in [3.63, 3.8) is 0 Å². The molecule has 0 radical (unpaired) electrons. The van der Waals surface area contributed by atoms with Crippen molar-refractivity contribution < 1.29 is 4.79 Å². The summed E-state index contributed by atoms with van der Waals surface area (Å²) in [5.41, 5.74) is 7.97. The van der Waals surface area contributed by atoms with Gasteiger partial charge in [-0.1, -0.05) is 37.1 Å². The molecule has 20 heavy (non-hydrogen) atoms. The number of nitrogens with two attached hydrogens (primary N) is 1. The molecule has 2 aliphatic rings. The predicted molar refractivity (Wildman–Crippen MR) is 79.7 cm³/mol. The number of carbonyl (C=O) groups is 1. The Hall–Kier alpha value is -1.35. The first-order valence-corrected chi connectivity index (χ1v) is 7.73. The van der Waals surface area contributed by atoms with Crippen LogP contribution >= 0.6 is 0 Å². The van der Waals surface area contributed by atoms with E-state index >= 15 is 0 Å². The zero-order valence-corrected chi connectivity index (χ0v) is 12.2. The predicted octanol–water partition coefficient (Wildman–Crippen LogP) is 2.54. The van der Waals surface area contributed by atoms with Gasteiger partial charge in [0.15, 0.2) is 0 Å². The lowest BCUT2D eigenvalue weighted by molar-refractivity contribution is -0.132. The van der Waals surface area contributed by atoms with Crippen molar-refractivity contribution in [3.05, 3.63) is 35.4 Å². The Morgan fingerprint density at radius 1 is 1.25 bits per heavy atom. The van der Waals surface area contributed by atoms with Gasteiger partial charge in [0.2, 0.25) is 5.91 Å². The molecule has 1 aromatic rings. The van der Waals surface area contributed by atoms with E-state index in [0.29, 0.717) is 36.8 Å². The maximum Gasteiger partial charge on any atom is 0.226 e. The molecule has 0 bridgehead atoms. The van der Waals surface area contributed by atoms with Gasteiger partial charge in [0, 0.05) is 26.1 Å². The molecule has 0 heterocycles. The van der Waals surface area contributed by atoms with Crippen molar-refractivity contribution in [1.82, 2.24) is 4.90 Å². The molecule has 2 aliphatic carbocycles. The van der Waals surface area contributed by atoms with E-state index in [1.165, 1.54) is 31.2 Å². The van der Waals surface area contributed by atoms with Gasteiger partial charge in [-0.25, -0.2) is 0 Å². The molecular formula is C17H24N2O. The summed E-state index contributed by atoms with van der Waals surface area (Å²) >= 11 is 0. The van der Waals surface area contributed by atoms with E-state index in [9.17, 15) is 4.79 Å². The molecule has 2 unspecified atom stereocenters. The van der Waals surface area contributed by atoms with Gasteiger partial charge in [0.25, 0.3) is 0 Å². The number of hydrogen-bond acceptors (Lipinski definition) is 2. The normalized spacial score (nSPS) is 27.8. The third kappa shape index (κ3) is 2.59. The molecule has 0 aromatic heterocycles. The van der Waals surface area contributed by atoms with Gasteiger partial charge >= 0.3 is 0 Å². The molecule has 0 spiro atoms. The lowest BCUT2D eigenvalue weighted by atomic mass is 10.0. The van der Waals surface area contributed by atoms with E-state index in [0.717, 1.165) is 5.56 Å². The highest BCUT2D eigenvalue weighted by molar-refractivity contribution is 5.82. The van der Waals surface area contributed by atoms with Crippen molar-refractivity contribution >= 4 is 5.91 Å². The minimum atomic E-state index is 0.320. The van der Waals surface area contributed by atoms with Crippen LogP contribution in [0.4, 0.5) is 0 Å². The summed E-state index contributed by atoms with van der Waals surface area (Å²) < 4.78 is 0. The van der Waals surface area contributed by atoms with Crippen molar-refractivity contribution in [3.8, 4) is 0 Å². The van der Waals surface area contributed by atoms with E-state index in [-0.39, 0.29) is 0 Å². The number of rotatable bonds is 4. The van der Waals surface area contributed by atoms with Gasteiger partial charge < -0.3 is 10.6 Å². The van der Waals surface area contributed by atoms with Gasteiger partial charge in [0.05, 0.1) is 0 Å². The maximum atomic E-state index is 12.5. The Morgan fingerprint density at radius 2 is 1.90 bits per heavy atom. The first kappa shape index (κ1) is 13.6. The summed E-state index contributed by atoms with van der Waals surface area (Å²) in [7, 11) is 1.93. The molecule has 1 aromatic carbocycles. The van der Waals surface area contributed by atoms with Gasteiger partial charge in [0.1, 0.15) is 0 Å². The summed E-state index contributed by atoms with van der Waals surface area (Å²) in [5.74, 6) is 2.04. The number of amides is 1. The van der Waals surface area contributed by atoms with Crippen LogP contribution in [0.25, 0.3) is 0 Å². The van der Waals surface area contributed by atoms with Crippen LogP contribution in [0.5, 0.6) is 0 Å². The lowest BCUT2D eigenvalue weighted by Gasteiger charge is -2.18. The average molecular weight is 272 g/mol. The van der Waals surface area contributed by atoms with E-state index < -0.39 is 0 Å². The van der Waals surface area contributed by atoms with Crippen molar-refractivity contribution in [2.75, 3.05) is 7.05 Å². The number of nitrogens with zero attached hydrogens (tertiary/aromatic N) is 1. The van der Waals surface area contributed by atoms with E-state index in [1.54, 1.807) is 0 Å². The van der Waals surface area contributed by atoms with Crippen LogP contribution in [0.2, 0.25) is 0 Å². The van der Waals surface area contributed by atoms with Crippen LogP contribution < -0.4 is 5.73 Å². The first-order valence-electron chi connectivity index (χ1n) is 7.73. The highest BCUT2D eigenvalue weighted by Crippen LogP contribution is 2.56.